The molecule has 0 amide bonds. The minimum Gasteiger partial charge on any atom is -0.393 e. The van der Waals surface area contributed by atoms with Crippen LogP contribution in [0, 0.1) is 0 Å². The number of aliphatic hydroxyl groups excluding tert-OH is 1. The topological polar surface area (TPSA) is 38.0 Å². The second-order valence-electron chi connectivity index (χ2n) is 4.40. The maximum absolute atomic E-state index is 9.17. The van der Waals surface area contributed by atoms with Gasteiger partial charge in [0, 0.05) is 12.2 Å². The van der Waals surface area contributed by atoms with E-state index in [1.54, 1.807) is 0 Å². The molecule has 1 atom stereocenters. The summed E-state index contributed by atoms with van der Waals surface area (Å²) in [5.41, 5.74) is 2.52. The number of hydrogen-bond acceptors (Lipinski definition) is 2. The summed E-state index contributed by atoms with van der Waals surface area (Å²) in [6.07, 6.45) is 4.94. The third-order valence-electron chi connectivity index (χ3n) is 2.88. The van der Waals surface area contributed by atoms with Gasteiger partial charge < -0.3 is 5.11 Å². The van der Waals surface area contributed by atoms with Gasteiger partial charge in [-0.05, 0) is 45.1 Å². The van der Waals surface area contributed by atoms with Crippen molar-refractivity contribution >= 4 is 0 Å². The number of aromatic nitrogens is 2. The van der Waals surface area contributed by atoms with Crippen molar-refractivity contribution in [2.45, 2.75) is 65.5 Å². The Morgan fingerprint density at radius 2 is 2.06 bits per heavy atom. The molecule has 1 unspecified atom stereocenters. The van der Waals surface area contributed by atoms with Crippen LogP contribution >= 0.6 is 0 Å². The maximum Gasteiger partial charge on any atom is 0.0624 e. The van der Waals surface area contributed by atoms with Crippen LogP contribution in [0.4, 0.5) is 0 Å². The molecule has 0 bridgehead atoms. The summed E-state index contributed by atoms with van der Waals surface area (Å²) in [4.78, 5) is 0. The number of rotatable bonds is 7. The average molecular weight is 224 g/mol. The zero-order valence-corrected chi connectivity index (χ0v) is 10.7. The number of nitrogens with zero attached hydrogens (tertiary/aromatic N) is 2. The van der Waals surface area contributed by atoms with Crippen LogP contribution in [0.2, 0.25) is 0 Å². The Hall–Kier alpha value is -0.830. The SMILES string of the molecule is CCc1cc(CC)n(CCCCC(C)O)n1. The summed E-state index contributed by atoms with van der Waals surface area (Å²) >= 11 is 0. The fourth-order valence-electron chi connectivity index (χ4n) is 1.87. The molecule has 1 rings (SSSR count). The van der Waals surface area contributed by atoms with E-state index in [1.165, 1.54) is 11.4 Å². The molecule has 3 nitrogen and oxygen atoms in total. The number of aryl methyl sites for hydroxylation is 3. The highest BCUT2D eigenvalue weighted by molar-refractivity contribution is 5.10. The second kappa shape index (κ2) is 6.69. The van der Waals surface area contributed by atoms with Crippen molar-refractivity contribution in [1.82, 2.24) is 9.78 Å². The first kappa shape index (κ1) is 13.2. The van der Waals surface area contributed by atoms with E-state index in [9.17, 15) is 5.11 Å². The minimum atomic E-state index is -0.172. The van der Waals surface area contributed by atoms with Crippen molar-refractivity contribution in [3.05, 3.63) is 17.5 Å². The Bertz CT molecular complexity index is 305. The highest BCUT2D eigenvalue weighted by Gasteiger charge is 2.04. The summed E-state index contributed by atoms with van der Waals surface area (Å²) < 4.78 is 2.13. The van der Waals surface area contributed by atoms with Crippen LogP contribution in [0.15, 0.2) is 6.07 Å². The van der Waals surface area contributed by atoms with Gasteiger partial charge in [0.05, 0.1) is 11.8 Å². The minimum absolute atomic E-state index is 0.172. The predicted octanol–water partition coefficient (Wildman–Crippen LogP) is 2.56. The van der Waals surface area contributed by atoms with Gasteiger partial charge in [-0.2, -0.15) is 5.10 Å². The van der Waals surface area contributed by atoms with E-state index in [0.717, 1.165) is 38.6 Å². The highest BCUT2D eigenvalue weighted by Crippen LogP contribution is 2.09. The largest absolute Gasteiger partial charge is 0.393 e. The third-order valence-corrected chi connectivity index (χ3v) is 2.88. The first-order valence-corrected chi connectivity index (χ1v) is 6.41. The smallest absolute Gasteiger partial charge is 0.0624 e. The molecule has 3 heteroatoms. The lowest BCUT2D eigenvalue weighted by Gasteiger charge is -2.06. The molecule has 0 aromatic carbocycles. The van der Waals surface area contributed by atoms with Gasteiger partial charge in [0.2, 0.25) is 0 Å². The van der Waals surface area contributed by atoms with E-state index in [2.05, 4.69) is 29.7 Å². The molecule has 92 valence electrons. The van der Waals surface area contributed by atoms with E-state index in [4.69, 9.17) is 0 Å². The maximum atomic E-state index is 9.17. The molecule has 0 radical (unpaired) electrons. The van der Waals surface area contributed by atoms with Gasteiger partial charge in [-0.1, -0.05) is 13.8 Å². The fourth-order valence-corrected chi connectivity index (χ4v) is 1.87. The van der Waals surface area contributed by atoms with E-state index < -0.39 is 0 Å². The normalized spacial score (nSPS) is 13.0. The fraction of sp³-hybridized carbons (Fsp3) is 0.769. The van der Waals surface area contributed by atoms with Gasteiger partial charge in [-0.25, -0.2) is 0 Å². The van der Waals surface area contributed by atoms with E-state index in [-0.39, 0.29) is 6.10 Å². The molecule has 0 fully saturated rings. The molecule has 0 aliphatic rings. The molecule has 0 aliphatic heterocycles. The Balaban J connectivity index is 2.43. The Kier molecular flexibility index (Phi) is 5.53. The summed E-state index contributed by atoms with van der Waals surface area (Å²) in [5, 5.41) is 13.7. The number of unbranched alkanes of at least 4 members (excludes halogenated alkanes) is 1. The zero-order chi connectivity index (χ0) is 12.0. The van der Waals surface area contributed by atoms with Crippen molar-refractivity contribution < 1.29 is 5.11 Å². The average Bonchev–Trinajstić information content (AvgIpc) is 2.66. The van der Waals surface area contributed by atoms with Crippen LogP contribution < -0.4 is 0 Å². The molecule has 0 saturated heterocycles. The van der Waals surface area contributed by atoms with Gasteiger partial charge in [0.1, 0.15) is 0 Å². The molecule has 0 saturated carbocycles. The molecule has 1 aromatic heterocycles. The van der Waals surface area contributed by atoms with Gasteiger partial charge in [-0.3, -0.25) is 4.68 Å². The van der Waals surface area contributed by atoms with Crippen LogP contribution in [-0.2, 0) is 19.4 Å². The van der Waals surface area contributed by atoms with Crippen LogP contribution in [-0.4, -0.2) is 21.0 Å². The monoisotopic (exact) mass is 224 g/mol. The van der Waals surface area contributed by atoms with E-state index in [1.807, 2.05) is 6.92 Å². The first-order chi connectivity index (χ1) is 7.67. The number of aliphatic hydroxyl groups is 1. The van der Waals surface area contributed by atoms with Gasteiger partial charge in [0.15, 0.2) is 0 Å². The van der Waals surface area contributed by atoms with Crippen molar-refractivity contribution in [3.63, 3.8) is 0 Å². The first-order valence-electron chi connectivity index (χ1n) is 6.41. The van der Waals surface area contributed by atoms with Gasteiger partial charge in [-0.15, -0.1) is 0 Å². The second-order valence-corrected chi connectivity index (χ2v) is 4.40. The van der Waals surface area contributed by atoms with Crippen LogP contribution in [0.25, 0.3) is 0 Å². The third kappa shape index (κ3) is 3.97. The lowest BCUT2D eigenvalue weighted by Crippen LogP contribution is -2.06. The van der Waals surface area contributed by atoms with Crippen LogP contribution in [0.3, 0.4) is 0 Å². The van der Waals surface area contributed by atoms with Crippen molar-refractivity contribution in [2.24, 2.45) is 0 Å². The molecule has 0 aliphatic carbocycles. The lowest BCUT2D eigenvalue weighted by atomic mass is 10.2. The van der Waals surface area contributed by atoms with E-state index in [0.29, 0.717) is 0 Å². The molecular weight excluding hydrogens is 200 g/mol. The molecule has 1 N–H and O–H groups in total. The van der Waals surface area contributed by atoms with Crippen LogP contribution in [0.1, 0.15) is 51.4 Å². The number of hydrogen-bond donors (Lipinski definition) is 1. The standard InChI is InChI=1S/C13H24N2O/c1-4-12-10-13(5-2)15(14-12)9-7-6-8-11(3)16/h10-11,16H,4-9H2,1-3H3. The summed E-state index contributed by atoms with van der Waals surface area (Å²) in [5.74, 6) is 0. The van der Waals surface area contributed by atoms with Crippen molar-refractivity contribution in [3.8, 4) is 0 Å². The van der Waals surface area contributed by atoms with Crippen molar-refractivity contribution in [2.75, 3.05) is 0 Å². The van der Waals surface area contributed by atoms with Gasteiger partial charge in [0.25, 0.3) is 0 Å². The molecular formula is C13H24N2O. The molecule has 1 heterocycles. The van der Waals surface area contributed by atoms with Crippen molar-refractivity contribution in [1.29, 1.82) is 0 Å². The Morgan fingerprint density at radius 3 is 2.62 bits per heavy atom. The molecule has 0 spiro atoms. The highest BCUT2D eigenvalue weighted by atomic mass is 16.3. The zero-order valence-electron chi connectivity index (χ0n) is 10.7. The quantitative estimate of drug-likeness (QED) is 0.723. The van der Waals surface area contributed by atoms with Crippen LogP contribution in [0.5, 0.6) is 0 Å². The summed E-state index contributed by atoms with van der Waals surface area (Å²) in [7, 11) is 0. The molecule has 1 aromatic rings. The predicted molar refractivity (Wildman–Crippen MR) is 66.5 cm³/mol. The van der Waals surface area contributed by atoms with E-state index >= 15 is 0 Å². The molecule has 16 heavy (non-hydrogen) atoms. The van der Waals surface area contributed by atoms with Gasteiger partial charge >= 0.3 is 0 Å². The Morgan fingerprint density at radius 1 is 1.31 bits per heavy atom. The Labute approximate surface area is 98.5 Å². The summed E-state index contributed by atoms with van der Waals surface area (Å²) in [6.45, 7) is 7.14. The summed E-state index contributed by atoms with van der Waals surface area (Å²) in [6, 6.07) is 2.20. The lowest BCUT2D eigenvalue weighted by molar-refractivity contribution is 0.179.